The number of hydrogen-bond donors (Lipinski definition) is 1. The third kappa shape index (κ3) is 2.63. The molecule has 2 aliphatic rings. The molecule has 1 N–H and O–H groups in total. The van der Waals surface area contributed by atoms with Crippen molar-refractivity contribution < 1.29 is 9.90 Å². The molecule has 2 saturated heterocycles. The predicted molar refractivity (Wildman–Crippen MR) is 71.5 cm³/mol. The first-order valence-electron chi connectivity index (χ1n) is 7.12. The van der Waals surface area contributed by atoms with Gasteiger partial charge in [0.25, 0.3) is 0 Å². The number of hydrogen-bond acceptors (Lipinski definition) is 3. The van der Waals surface area contributed by atoms with E-state index in [-0.39, 0.29) is 24.1 Å². The van der Waals surface area contributed by atoms with E-state index in [0.29, 0.717) is 6.42 Å². The summed E-state index contributed by atoms with van der Waals surface area (Å²) in [4.78, 5) is 18.4. The van der Waals surface area contributed by atoms with E-state index in [2.05, 4.69) is 4.98 Å². The lowest BCUT2D eigenvalue weighted by Gasteiger charge is -2.37. The number of fused-ring (bicyclic) bond motifs is 2. The fourth-order valence-electron chi connectivity index (χ4n) is 3.49. The Morgan fingerprint density at radius 1 is 1.26 bits per heavy atom. The number of carbonyl (C=O) groups is 1. The SMILES string of the molecule is O=C(CCc1ccncc1)N1C2CCC1CC(O)C2. The van der Waals surface area contributed by atoms with Gasteiger partial charge in [0, 0.05) is 30.9 Å². The van der Waals surface area contributed by atoms with Gasteiger partial charge in [0.2, 0.25) is 5.91 Å². The molecule has 1 aromatic rings. The molecule has 2 atom stereocenters. The van der Waals surface area contributed by atoms with Crippen LogP contribution < -0.4 is 0 Å². The number of aryl methyl sites for hydroxylation is 1. The lowest BCUT2D eigenvalue weighted by atomic mass is 9.99. The summed E-state index contributed by atoms with van der Waals surface area (Å²) in [5.41, 5.74) is 1.16. The first kappa shape index (κ1) is 12.6. The minimum atomic E-state index is -0.207. The highest BCUT2D eigenvalue weighted by molar-refractivity contribution is 5.77. The van der Waals surface area contributed by atoms with Crippen molar-refractivity contribution in [3.8, 4) is 0 Å². The van der Waals surface area contributed by atoms with Gasteiger partial charge in [0.15, 0.2) is 0 Å². The molecule has 1 amide bonds. The number of aromatic nitrogens is 1. The largest absolute Gasteiger partial charge is 0.393 e. The molecule has 2 unspecified atom stereocenters. The van der Waals surface area contributed by atoms with Gasteiger partial charge in [-0.2, -0.15) is 0 Å². The van der Waals surface area contributed by atoms with Crippen LogP contribution in [0.4, 0.5) is 0 Å². The average Bonchev–Trinajstić information content (AvgIpc) is 2.70. The summed E-state index contributed by atoms with van der Waals surface area (Å²) >= 11 is 0. The van der Waals surface area contributed by atoms with E-state index in [4.69, 9.17) is 0 Å². The van der Waals surface area contributed by atoms with E-state index in [9.17, 15) is 9.90 Å². The van der Waals surface area contributed by atoms with Crippen LogP contribution in [0.5, 0.6) is 0 Å². The Morgan fingerprint density at radius 3 is 2.53 bits per heavy atom. The number of nitrogens with zero attached hydrogens (tertiary/aromatic N) is 2. The van der Waals surface area contributed by atoms with Crippen LogP contribution in [0.25, 0.3) is 0 Å². The summed E-state index contributed by atoms with van der Waals surface area (Å²) in [5, 5.41) is 9.75. The van der Waals surface area contributed by atoms with Crippen LogP contribution >= 0.6 is 0 Å². The Balaban J connectivity index is 1.59. The summed E-state index contributed by atoms with van der Waals surface area (Å²) in [6, 6.07) is 4.47. The smallest absolute Gasteiger partial charge is 0.223 e. The van der Waals surface area contributed by atoms with Crippen molar-refractivity contribution >= 4 is 5.91 Å². The number of aliphatic hydroxyl groups is 1. The molecule has 2 fully saturated rings. The third-order valence-electron chi connectivity index (χ3n) is 4.37. The molecule has 0 radical (unpaired) electrons. The second-order valence-electron chi connectivity index (χ2n) is 5.67. The van der Waals surface area contributed by atoms with E-state index in [1.807, 2.05) is 17.0 Å². The molecule has 0 spiro atoms. The number of piperidine rings is 1. The fourth-order valence-corrected chi connectivity index (χ4v) is 3.49. The fraction of sp³-hybridized carbons (Fsp3) is 0.600. The van der Waals surface area contributed by atoms with E-state index in [1.165, 1.54) is 0 Å². The Kier molecular flexibility index (Phi) is 3.51. The molecule has 2 bridgehead atoms. The van der Waals surface area contributed by atoms with Gasteiger partial charge in [-0.3, -0.25) is 9.78 Å². The van der Waals surface area contributed by atoms with Crippen molar-refractivity contribution in [3.05, 3.63) is 30.1 Å². The number of rotatable bonds is 3. The van der Waals surface area contributed by atoms with Gasteiger partial charge in [-0.15, -0.1) is 0 Å². The van der Waals surface area contributed by atoms with Gasteiger partial charge in [-0.05, 0) is 49.8 Å². The van der Waals surface area contributed by atoms with Gasteiger partial charge in [-0.1, -0.05) is 0 Å². The van der Waals surface area contributed by atoms with Crippen LogP contribution in [0.15, 0.2) is 24.5 Å². The summed E-state index contributed by atoms with van der Waals surface area (Å²) in [6.45, 7) is 0. The Bertz CT molecular complexity index is 435. The minimum Gasteiger partial charge on any atom is -0.393 e. The van der Waals surface area contributed by atoms with Crippen LogP contribution in [0.3, 0.4) is 0 Å². The summed E-state index contributed by atoms with van der Waals surface area (Å²) < 4.78 is 0. The van der Waals surface area contributed by atoms with Crippen molar-refractivity contribution in [2.24, 2.45) is 0 Å². The van der Waals surface area contributed by atoms with E-state index >= 15 is 0 Å². The number of pyridine rings is 1. The molecule has 0 aromatic carbocycles. The Hall–Kier alpha value is -1.42. The molecule has 19 heavy (non-hydrogen) atoms. The first-order valence-corrected chi connectivity index (χ1v) is 7.12. The zero-order valence-electron chi connectivity index (χ0n) is 11.0. The van der Waals surface area contributed by atoms with Crippen molar-refractivity contribution in [1.82, 2.24) is 9.88 Å². The van der Waals surface area contributed by atoms with Crippen LogP contribution in [0.2, 0.25) is 0 Å². The summed E-state index contributed by atoms with van der Waals surface area (Å²) in [6.07, 6.45) is 8.30. The molecule has 0 aliphatic carbocycles. The minimum absolute atomic E-state index is 0.207. The van der Waals surface area contributed by atoms with Gasteiger partial charge in [-0.25, -0.2) is 0 Å². The topological polar surface area (TPSA) is 53.4 Å². The third-order valence-corrected chi connectivity index (χ3v) is 4.37. The molecular weight excluding hydrogens is 240 g/mol. The maximum Gasteiger partial charge on any atom is 0.223 e. The normalized spacial score (nSPS) is 29.5. The molecular formula is C15H20N2O2. The zero-order chi connectivity index (χ0) is 13.2. The first-order chi connectivity index (χ1) is 9.24. The molecule has 1 aromatic heterocycles. The van der Waals surface area contributed by atoms with Crippen molar-refractivity contribution in [2.75, 3.05) is 0 Å². The van der Waals surface area contributed by atoms with E-state index < -0.39 is 0 Å². The van der Waals surface area contributed by atoms with Crippen LogP contribution in [-0.4, -0.2) is 39.1 Å². The quantitative estimate of drug-likeness (QED) is 0.896. The van der Waals surface area contributed by atoms with E-state index in [0.717, 1.165) is 37.7 Å². The van der Waals surface area contributed by atoms with Gasteiger partial charge in [0.05, 0.1) is 6.10 Å². The highest BCUT2D eigenvalue weighted by Crippen LogP contribution is 2.36. The molecule has 102 valence electrons. The number of amides is 1. The van der Waals surface area contributed by atoms with Crippen LogP contribution in [-0.2, 0) is 11.2 Å². The second kappa shape index (κ2) is 5.29. The predicted octanol–water partition coefficient (Wildman–Crippen LogP) is 1.53. The van der Waals surface area contributed by atoms with Gasteiger partial charge < -0.3 is 10.0 Å². The molecule has 0 saturated carbocycles. The molecule has 4 nitrogen and oxygen atoms in total. The van der Waals surface area contributed by atoms with Gasteiger partial charge >= 0.3 is 0 Å². The summed E-state index contributed by atoms with van der Waals surface area (Å²) in [5.74, 6) is 0.246. The number of carbonyl (C=O) groups excluding carboxylic acids is 1. The van der Waals surface area contributed by atoms with Crippen molar-refractivity contribution in [1.29, 1.82) is 0 Å². The molecule has 2 aliphatic heterocycles. The van der Waals surface area contributed by atoms with Crippen molar-refractivity contribution in [3.63, 3.8) is 0 Å². The molecule has 3 heterocycles. The Morgan fingerprint density at radius 2 is 1.89 bits per heavy atom. The van der Waals surface area contributed by atoms with Crippen LogP contribution in [0.1, 0.15) is 37.7 Å². The lowest BCUT2D eigenvalue weighted by Crippen LogP contribution is -2.48. The monoisotopic (exact) mass is 260 g/mol. The molecule has 4 heteroatoms. The van der Waals surface area contributed by atoms with E-state index in [1.54, 1.807) is 12.4 Å². The van der Waals surface area contributed by atoms with Crippen molar-refractivity contribution in [2.45, 2.75) is 56.7 Å². The summed E-state index contributed by atoms with van der Waals surface area (Å²) in [7, 11) is 0. The average molecular weight is 260 g/mol. The maximum atomic E-state index is 12.4. The Labute approximate surface area is 113 Å². The van der Waals surface area contributed by atoms with Crippen LogP contribution in [0, 0.1) is 0 Å². The lowest BCUT2D eigenvalue weighted by molar-refractivity contribution is -0.137. The van der Waals surface area contributed by atoms with Gasteiger partial charge in [0.1, 0.15) is 0 Å². The highest BCUT2D eigenvalue weighted by Gasteiger charge is 2.42. The number of aliphatic hydroxyl groups excluding tert-OH is 1. The zero-order valence-corrected chi connectivity index (χ0v) is 11.0. The maximum absolute atomic E-state index is 12.4. The highest BCUT2D eigenvalue weighted by atomic mass is 16.3. The second-order valence-corrected chi connectivity index (χ2v) is 5.67. The molecule has 3 rings (SSSR count). The standard InChI is InChI=1S/C15H20N2O2/c18-14-9-12-2-3-13(10-14)17(12)15(19)4-1-11-5-7-16-8-6-11/h5-8,12-14,18H,1-4,9-10H2.